The predicted molar refractivity (Wildman–Crippen MR) is 139 cm³/mol. The molecule has 0 aliphatic rings. The fourth-order valence-corrected chi connectivity index (χ4v) is 3.62. The molecule has 1 N–H and O–H groups in total. The number of nitrogens with zero attached hydrogens (tertiary/aromatic N) is 2. The third kappa shape index (κ3) is 7.33. The van der Waals surface area contributed by atoms with Crippen molar-refractivity contribution in [2.24, 2.45) is 0 Å². The van der Waals surface area contributed by atoms with Gasteiger partial charge in [0.05, 0.1) is 0 Å². The van der Waals surface area contributed by atoms with Crippen LogP contribution in [0.25, 0.3) is 5.57 Å². The van der Waals surface area contributed by atoms with Crippen molar-refractivity contribution in [3.63, 3.8) is 0 Å². The van der Waals surface area contributed by atoms with Crippen LogP contribution in [0.2, 0.25) is 0 Å². The molecule has 4 rings (SSSR count). The number of aliphatic carboxylic acids is 1. The lowest BCUT2D eigenvalue weighted by Gasteiger charge is -2.12. The number of carbonyl (C=O) groups is 1. The van der Waals surface area contributed by atoms with Crippen LogP contribution in [-0.4, -0.2) is 34.1 Å². The minimum atomic E-state index is -1.03. The first-order valence-corrected chi connectivity index (χ1v) is 11.6. The Morgan fingerprint density at radius 3 is 2.43 bits per heavy atom. The molecule has 4 aromatic rings. The van der Waals surface area contributed by atoms with E-state index in [1.165, 1.54) is 12.1 Å². The van der Waals surface area contributed by atoms with Crippen LogP contribution in [0, 0.1) is 24.6 Å². The van der Waals surface area contributed by atoms with Gasteiger partial charge in [-0.15, -0.1) is 0 Å². The molecule has 0 saturated carbocycles. The van der Waals surface area contributed by atoms with Crippen molar-refractivity contribution in [1.29, 1.82) is 0 Å². The van der Waals surface area contributed by atoms with Crippen molar-refractivity contribution >= 4 is 11.5 Å². The molecule has 186 valence electrons. The lowest BCUT2D eigenvalue weighted by Crippen LogP contribution is -2.10. The number of benzene rings is 3. The second kappa shape index (κ2) is 12.2. The molecule has 0 atom stereocenters. The van der Waals surface area contributed by atoms with Gasteiger partial charge in [-0.2, -0.15) is 5.10 Å². The number of rotatable bonds is 9. The lowest BCUT2D eigenvalue weighted by atomic mass is 9.96. The van der Waals surface area contributed by atoms with Gasteiger partial charge in [0.1, 0.15) is 30.5 Å². The molecule has 7 heteroatoms. The average Bonchev–Trinajstić information content (AvgIpc) is 3.41. The molecular formula is C30H25FN2O4. The summed E-state index contributed by atoms with van der Waals surface area (Å²) >= 11 is 0. The maximum Gasteiger partial charge on any atom is 0.341 e. The minimum Gasteiger partial charge on any atom is -0.489 e. The highest BCUT2D eigenvalue weighted by Gasteiger charge is 2.08. The zero-order valence-electron chi connectivity index (χ0n) is 20.2. The summed E-state index contributed by atoms with van der Waals surface area (Å²) in [5.74, 6) is 6.02. The molecule has 6 nitrogen and oxygen atoms in total. The van der Waals surface area contributed by atoms with E-state index >= 15 is 0 Å². The first-order valence-electron chi connectivity index (χ1n) is 11.6. The largest absolute Gasteiger partial charge is 0.489 e. The van der Waals surface area contributed by atoms with Crippen LogP contribution in [0.5, 0.6) is 11.5 Å². The minimum absolute atomic E-state index is 0.271. The van der Waals surface area contributed by atoms with E-state index in [2.05, 4.69) is 16.9 Å². The molecule has 1 heterocycles. The second-order valence-electron chi connectivity index (χ2n) is 8.13. The number of hydrogen-bond donors (Lipinski definition) is 1. The smallest absolute Gasteiger partial charge is 0.341 e. The Morgan fingerprint density at radius 2 is 1.78 bits per heavy atom. The number of carboxylic acids is 1. The van der Waals surface area contributed by atoms with Crippen molar-refractivity contribution in [2.75, 3.05) is 13.2 Å². The SMILES string of the molecule is Cc1cc(OC/C=C(\c2ccc(F)cc2)c2ccc(C#CCn3cccn3)cc2)ccc1OCC(=O)O. The van der Waals surface area contributed by atoms with Gasteiger partial charge in [0.2, 0.25) is 0 Å². The Labute approximate surface area is 214 Å². The van der Waals surface area contributed by atoms with Crippen LogP contribution in [-0.2, 0) is 11.3 Å². The van der Waals surface area contributed by atoms with Crippen molar-refractivity contribution < 1.29 is 23.8 Å². The number of aryl methyl sites for hydroxylation is 1. The first kappa shape index (κ1) is 25.3. The summed E-state index contributed by atoms with van der Waals surface area (Å²) in [4.78, 5) is 10.7. The van der Waals surface area contributed by atoms with Crippen LogP contribution in [0.4, 0.5) is 4.39 Å². The number of halogens is 1. The van der Waals surface area contributed by atoms with Crippen molar-refractivity contribution in [3.05, 3.63) is 119 Å². The van der Waals surface area contributed by atoms with E-state index in [1.807, 2.05) is 49.5 Å². The van der Waals surface area contributed by atoms with E-state index in [-0.39, 0.29) is 12.4 Å². The molecule has 37 heavy (non-hydrogen) atoms. The summed E-state index contributed by atoms with van der Waals surface area (Å²) in [6.45, 7) is 2.20. The summed E-state index contributed by atoms with van der Waals surface area (Å²) < 4.78 is 26.5. The summed E-state index contributed by atoms with van der Waals surface area (Å²) in [6.07, 6.45) is 5.52. The number of carboxylic acid groups (broad SMARTS) is 1. The average molecular weight is 497 g/mol. The van der Waals surface area contributed by atoms with E-state index in [1.54, 1.807) is 41.2 Å². The standard InChI is InChI=1S/C30H25FN2O4/c1-22-20-27(13-14-29(22)37-21-30(34)35)36-19-15-28(25-9-11-26(31)12-10-25)24-7-5-23(6-8-24)4-2-17-33-18-3-16-32-33/h3,5-16,18,20H,17,19,21H2,1H3,(H,34,35)/b28-15-. The van der Waals surface area contributed by atoms with Gasteiger partial charge in [-0.3, -0.25) is 4.68 Å². The van der Waals surface area contributed by atoms with Crippen LogP contribution >= 0.6 is 0 Å². The lowest BCUT2D eigenvalue weighted by molar-refractivity contribution is -0.139. The third-order valence-corrected chi connectivity index (χ3v) is 5.42. The van der Waals surface area contributed by atoms with Gasteiger partial charge in [-0.1, -0.05) is 36.1 Å². The van der Waals surface area contributed by atoms with E-state index in [9.17, 15) is 9.18 Å². The van der Waals surface area contributed by atoms with E-state index in [0.29, 0.717) is 18.0 Å². The van der Waals surface area contributed by atoms with Gasteiger partial charge in [0, 0.05) is 18.0 Å². The second-order valence-corrected chi connectivity index (χ2v) is 8.13. The highest BCUT2D eigenvalue weighted by atomic mass is 19.1. The monoisotopic (exact) mass is 496 g/mol. The molecular weight excluding hydrogens is 471 g/mol. The molecule has 0 bridgehead atoms. The Morgan fingerprint density at radius 1 is 1.05 bits per heavy atom. The Kier molecular flexibility index (Phi) is 8.35. The van der Waals surface area contributed by atoms with Crippen LogP contribution in [0.15, 0.2) is 91.3 Å². The van der Waals surface area contributed by atoms with Crippen LogP contribution in [0.1, 0.15) is 22.3 Å². The molecule has 3 aromatic carbocycles. The van der Waals surface area contributed by atoms with Crippen LogP contribution < -0.4 is 9.47 Å². The Bertz CT molecular complexity index is 1430. The Balaban J connectivity index is 1.49. The molecule has 1 aromatic heterocycles. The molecule has 0 aliphatic carbocycles. The highest BCUT2D eigenvalue weighted by molar-refractivity contribution is 5.80. The van der Waals surface area contributed by atoms with E-state index < -0.39 is 12.6 Å². The predicted octanol–water partition coefficient (Wildman–Crippen LogP) is 5.36. The number of aromatic nitrogens is 2. The van der Waals surface area contributed by atoms with Gasteiger partial charge >= 0.3 is 5.97 Å². The van der Waals surface area contributed by atoms with Crippen molar-refractivity contribution in [1.82, 2.24) is 9.78 Å². The molecule has 0 unspecified atom stereocenters. The summed E-state index contributed by atoms with van der Waals surface area (Å²) in [6, 6.07) is 21.2. The summed E-state index contributed by atoms with van der Waals surface area (Å²) in [5.41, 5.74) is 4.35. The molecule has 0 fully saturated rings. The fraction of sp³-hybridized carbons (Fsp3) is 0.133. The fourth-order valence-electron chi connectivity index (χ4n) is 3.62. The number of ether oxygens (including phenoxy) is 2. The zero-order valence-corrected chi connectivity index (χ0v) is 20.2. The van der Waals surface area contributed by atoms with E-state index in [0.717, 1.165) is 27.8 Å². The van der Waals surface area contributed by atoms with Gasteiger partial charge in [0.15, 0.2) is 6.61 Å². The summed E-state index contributed by atoms with van der Waals surface area (Å²) in [7, 11) is 0. The van der Waals surface area contributed by atoms with Gasteiger partial charge in [0.25, 0.3) is 0 Å². The van der Waals surface area contributed by atoms with Gasteiger partial charge in [-0.05, 0) is 83.8 Å². The van der Waals surface area contributed by atoms with Crippen molar-refractivity contribution in [3.8, 4) is 23.3 Å². The van der Waals surface area contributed by atoms with Crippen LogP contribution in [0.3, 0.4) is 0 Å². The van der Waals surface area contributed by atoms with E-state index in [4.69, 9.17) is 14.6 Å². The van der Waals surface area contributed by atoms with Crippen molar-refractivity contribution in [2.45, 2.75) is 13.5 Å². The third-order valence-electron chi connectivity index (χ3n) is 5.42. The summed E-state index contributed by atoms with van der Waals surface area (Å²) in [5, 5.41) is 12.9. The molecule has 0 spiro atoms. The van der Waals surface area contributed by atoms with Gasteiger partial charge in [-0.25, -0.2) is 9.18 Å². The molecule has 0 radical (unpaired) electrons. The normalized spacial score (nSPS) is 10.9. The first-order chi connectivity index (χ1) is 18.0. The molecule has 0 aliphatic heterocycles. The maximum absolute atomic E-state index is 13.6. The highest BCUT2D eigenvalue weighted by Crippen LogP contribution is 2.26. The topological polar surface area (TPSA) is 73.6 Å². The zero-order chi connectivity index (χ0) is 26.0. The number of hydrogen-bond acceptors (Lipinski definition) is 4. The Hall–Kier alpha value is -4.83. The molecule has 0 saturated heterocycles. The molecule has 0 amide bonds. The maximum atomic E-state index is 13.6. The quantitative estimate of drug-likeness (QED) is 0.316. The van der Waals surface area contributed by atoms with Gasteiger partial charge < -0.3 is 14.6 Å².